The number of carbonyl (C=O) groups is 2. The quantitative estimate of drug-likeness (QED) is 0.611. The molecule has 0 spiro atoms. The lowest BCUT2D eigenvalue weighted by Crippen LogP contribution is -2.36. The normalized spacial score (nSPS) is 14.5. The molecule has 1 aliphatic heterocycles. The molecule has 0 saturated carbocycles. The van der Waals surface area contributed by atoms with Crippen LogP contribution in [0.3, 0.4) is 0 Å². The van der Waals surface area contributed by atoms with Gasteiger partial charge < -0.3 is 9.64 Å². The Morgan fingerprint density at radius 3 is 2.59 bits per heavy atom. The van der Waals surface area contributed by atoms with Crippen LogP contribution in [0.5, 0.6) is 0 Å². The summed E-state index contributed by atoms with van der Waals surface area (Å²) in [5.41, 5.74) is 1.41. The number of ether oxygens (including phenoxy) is 1. The predicted octanol–water partition coefficient (Wildman–Crippen LogP) is 2.62. The van der Waals surface area contributed by atoms with Gasteiger partial charge in [0.15, 0.2) is 0 Å². The average molecular weight is 375 g/mol. The topological polar surface area (TPSA) is 82.4 Å². The fourth-order valence-electron chi connectivity index (χ4n) is 3.02. The number of nitrogens with zero attached hydrogens (tertiary/aromatic N) is 2. The Hall–Kier alpha value is -2.40. The molecule has 27 heavy (non-hydrogen) atoms. The Labute approximate surface area is 160 Å². The summed E-state index contributed by atoms with van der Waals surface area (Å²) in [5.74, 6) is 1.55. The van der Waals surface area contributed by atoms with Gasteiger partial charge in [-0.15, -0.1) is 0 Å². The first-order chi connectivity index (χ1) is 13.0. The number of nitrogens with one attached hydrogen (secondary N) is 1. The highest BCUT2D eigenvalue weighted by Gasteiger charge is 2.23. The van der Waals surface area contributed by atoms with Gasteiger partial charge in [-0.3, -0.25) is 14.9 Å². The fraction of sp³-hybridized carbons (Fsp3) is 0.526. The molecule has 1 aliphatic rings. The van der Waals surface area contributed by atoms with E-state index < -0.39 is 0 Å². The van der Waals surface area contributed by atoms with Crippen LogP contribution in [-0.2, 0) is 14.3 Å². The van der Waals surface area contributed by atoms with Gasteiger partial charge in [0.2, 0.25) is 12.3 Å². The number of nitriles is 1. The van der Waals surface area contributed by atoms with E-state index in [2.05, 4.69) is 20.9 Å². The zero-order valence-corrected chi connectivity index (χ0v) is 16.2. The van der Waals surface area contributed by atoms with Gasteiger partial charge in [0.05, 0.1) is 0 Å². The highest BCUT2D eigenvalue weighted by atomic mass is 19.1. The summed E-state index contributed by atoms with van der Waals surface area (Å²) in [7, 11) is 3.25. The molecule has 1 heterocycles. The van der Waals surface area contributed by atoms with Crippen molar-refractivity contribution < 1.29 is 18.7 Å². The molecular formula is C19H27BFN3O3. The Bertz CT molecular complexity index is 658. The Balaban J connectivity index is 0.00000114. The Morgan fingerprint density at radius 2 is 2.07 bits per heavy atom. The van der Waals surface area contributed by atoms with Crippen LogP contribution in [0.25, 0.3) is 0 Å². The first-order valence-electron chi connectivity index (χ1n) is 9.03. The van der Waals surface area contributed by atoms with E-state index in [9.17, 15) is 14.0 Å². The van der Waals surface area contributed by atoms with Crippen LogP contribution >= 0.6 is 0 Å². The summed E-state index contributed by atoms with van der Waals surface area (Å²) in [6.45, 7) is 3.49. The van der Waals surface area contributed by atoms with Crippen LogP contribution in [-0.4, -0.2) is 46.3 Å². The molecule has 2 amide bonds. The lowest BCUT2D eigenvalue weighted by Gasteiger charge is -2.30. The van der Waals surface area contributed by atoms with Crippen LogP contribution in [0.2, 0.25) is 12.6 Å². The minimum absolute atomic E-state index is 0.0999. The summed E-state index contributed by atoms with van der Waals surface area (Å²) in [5, 5.41) is 11.0. The number of halogens is 1. The predicted molar refractivity (Wildman–Crippen MR) is 104 cm³/mol. The summed E-state index contributed by atoms with van der Waals surface area (Å²) in [4.78, 5) is 23.6. The minimum Gasteiger partial charge on any atom is -0.388 e. The summed E-state index contributed by atoms with van der Waals surface area (Å²) < 4.78 is 18.7. The van der Waals surface area contributed by atoms with Crippen molar-refractivity contribution in [3.8, 4) is 5.97 Å². The molecule has 1 saturated heterocycles. The third kappa shape index (κ3) is 7.39. The van der Waals surface area contributed by atoms with Crippen molar-refractivity contribution in [3.05, 3.63) is 29.6 Å². The number of hydrogen-bond donors (Lipinski definition) is 1. The molecule has 1 atom stereocenters. The van der Waals surface area contributed by atoms with Gasteiger partial charge in [-0.25, -0.2) is 9.65 Å². The summed E-state index contributed by atoms with van der Waals surface area (Å²) >= 11 is 0. The number of methoxy groups -OCH3 is 1. The van der Waals surface area contributed by atoms with Crippen LogP contribution < -0.4 is 10.2 Å². The van der Waals surface area contributed by atoms with Gasteiger partial charge in [0, 0.05) is 45.4 Å². The Kier molecular flexibility index (Phi) is 10.1. The van der Waals surface area contributed by atoms with Crippen molar-refractivity contribution in [1.82, 2.24) is 5.32 Å². The molecule has 1 aromatic carbocycles. The highest BCUT2D eigenvalue weighted by molar-refractivity contribution is 6.67. The van der Waals surface area contributed by atoms with E-state index >= 15 is 0 Å². The van der Waals surface area contributed by atoms with E-state index in [1.54, 1.807) is 20.3 Å². The molecule has 1 unspecified atom stereocenters. The fourth-order valence-corrected chi connectivity index (χ4v) is 3.02. The molecule has 0 radical (unpaired) electrons. The van der Waals surface area contributed by atoms with Crippen molar-refractivity contribution in [2.24, 2.45) is 0 Å². The van der Waals surface area contributed by atoms with Gasteiger partial charge in [0.25, 0.3) is 6.71 Å². The van der Waals surface area contributed by atoms with Gasteiger partial charge in [-0.05, 0) is 42.7 Å². The monoisotopic (exact) mass is 375 g/mol. The van der Waals surface area contributed by atoms with Gasteiger partial charge >= 0.3 is 0 Å². The van der Waals surface area contributed by atoms with E-state index in [-0.39, 0.29) is 30.8 Å². The smallest absolute Gasteiger partial charge is 0.271 e. The van der Waals surface area contributed by atoms with Crippen LogP contribution in [0.1, 0.15) is 31.2 Å². The Morgan fingerprint density at radius 1 is 1.44 bits per heavy atom. The van der Waals surface area contributed by atoms with E-state index in [1.165, 1.54) is 6.07 Å². The first-order valence-corrected chi connectivity index (χ1v) is 9.03. The maximum atomic E-state index is 14.4. The largest absolute Gasteiger partial charge is 0.388 e. The lowest BCUT2D eigenvalue weighted by molar-refractivity contribution is -0.125. The maximum absolute atomic E-state index is 14.4. The van der Waals surface area contributed by atoms with Gasteiger partial charge in [0.1, 0.15) is 5.82 Å². The molecule has 1 N–H and O–H groups in total. The van der Waals surface area contributed by atoms with Gasteiger partial charge in [-0.1, -0.05) is 13.0 Å². The number of amides is 2. The molecule has 146 valence electrons. The summed E-state index contributed by atoms with van der Waals surface area (Å²) in [6.07, 6.45) is 2.63. The third-order valence-electron chi connectivity index (χ3n) is 4.58. The molecule has 1 aromatic rings. The second-order valence-electron chi connectivity index (χ2n) is 6.63. The van der Waals surface area contributed by atoms with Crippen molar-refractivity contribution in [2.45, 2.75) is 38.3 Å². The molecule has 1 fully saturated rings. The van der Waals surface area contributed by atoms with Gasteiger partial charge in [-0.2, -0.15) is 0 Å². The van der Waals surface area contributed by atoms with Crippen LogP contribution in [0.15, 0.2) is 18.2 Å². The molecule has 0 aromatic heterocycles. The number of benzene rings is 1. The number of imide groups is 1. The SMILES string of the molecule is CC(CCC(=O)NC=O)c1ccc(N2CCB(C#N)CC2)cc1F.COC. The maximum Gasteiger partial charge on any atom is 0.271 e. The number of anilines is 1. The minimum atomic E-state index is -0.353. The molecule has 2 rings (SSSR count). The van der Waals surface area contributed by atoms with E-state index in [0.29, 0.717) is 18.4 Å². The highest BCUT2D eigenvalue weighted by Crippen LogP contribution is 2.28. The molecule has 0 bridgehead atoms. The van der Waals surface area contributed by atoms with Crippen molar-refractivity contribution in [3.63, 3.8) is 0 Å². The zero-order chi connectivity index (χ0) is 20.2. The van der Waals surface area contributed by atoms with Crippen LogP contribution in [0.4, 0.5) is 10.1 Å². The van der Waals surface area contributed by atoms with E-state index in [0.717, 1.165) is 31.4 Å². The second-order valence-corrected chi connectivity index (χ2v) is 6.63. The third-order valence-corrected chi connectivity index (χ3v) is 4.58. The molecule has 0 aliphatic carbocycles. The van der Waals surface area contributed by atoms with E-state index in [1.807, 2.05) is 13.0 Å². The average Bonchev–Trinajstić information content (AvgIpc) is 2.67. The zero-order valence-electron chi connectivity index (χ0n) is 16.2. The molecule has 8 heteroatoms. The van der Waals surface area contributed by atoms with Crippen molar-refractivity contribution >= 4 is 24.7 Å². The number of rotatable bonds is 6. The molecule has 6 nitrogen and oxygen atoms in total. The first kappa shape index (κ1) is 22.6. The van der Waals surface area contributed by atoms with Crippen molar-refractivity contribution in [2.75, 3.05) is 32.2 Å². The number of hydrogen-bond acceptors (Lipinski definition) is 5. The lowest BCUT2D eigenvalue weighted by atomic mass is 9.45. The summed E-state index contributed by atoms with van der Waals surface area (Å²) in [6, 6.07) is 5.19. The number of carbonyl (C=O) groups excluding carboxylic acids is 2. The van der Waals surface area contributed by atoms with E-state index in [4.69, 9.17) is 5.26 Å². The van der Waals surface area contributed by atoms with Crippen LogP contribution in [0, 0.1) is 17.0 Å². The second kappa shape index (κ2) is 12.1. The standard InChI is InChI=1S/C17H21BFN3O2.C2H6O/c1-13(2-5-17(24)21-12-23)15-4-3-14(10-16(15)19)22-8-6-18(11-20)7-9-22;1-3-2/h3-4,10,12-13H,2,5-9H2,1H3,(H,21,23,24);1-2H3. The van der Waals surface area contributed by atoms with Crippen molar-refractivity contribution in [1.29, 1.82) is 5.26 Å². The molecular weight excluding hydrogens is 348 g/mol.